The number of benzene rings is 1. The van der Waals surface area contributed by atoms with Gasteiger partial charge in [-0.3, -0.25) is 9.69 Å². The zero-order valence-corrected chi connectivity index (χ0v) is 17.8. The van der Waals surface area contributed by atoms with Crippen LogP contribution < -0.4 is 15.1 Å². The highest BCUT2D eigenvalue weighted by atomic mass is 32.1. The molecule has 0 unspecified atom stereocenters. The van der Waals surface area contributed by atoms with Crippen molar-refractivity contribution < 1.29 is 28.6 Å². The quantitative estimate of drug-likeness (QED) is 0.436. The number of anilines is 1. The predicted octanol–water partition coefficient (Wildman–Crippen LogP) is 1.47. The zero-order valence-electron chi connectivity index (χ0n) is 17.0. The lowest BCUT2D eigenvalue weighted by Crippen LogP contribution is -2.41. The number of fused-ring (bicyclic) bond motifs is 1. The van der Waals surface area contributed by atoms with Crippen molar-refractivity contribution in [2.45, 2.75) is 33.0 Å². The third-order valence-electron chi connectivity index (χ3n) is 4.91. The fourth-order valence-electron chi connectivity index (χ4n) is 3.59. The van der Waals surface area contributed by atoms with E-state index in [-0.39, 0.29) is 13.2 Å². The Morgan fingerprint density at radius 3 is 2.87 bits per heavy atom. The van der Waals surface area contributed by atoms with Crippen LogP contribution in [0.2, 0.25) is 0 Å². The van der Waals surface area contributed by atoms with Crippen LogP contribution in [-0.2, 0) is 35.6 Å². The Morgan fingerprint density at radius 1 is 1.35 bits per heavy atom. The van der Waals surface area contributed by atoms with E-state index in [1.807, 2.05) is 18.2 Å². The van der Waals surface area contributed by atoms with E-state index in [1.165, 1.54) is 16.9 Å². The lowest BCUT2D eigenvalue weighted by atomic mass is 10.0. The van der Waals surface area contributed by atoms with Crippen molar-refractivity contribution in [3.63, 3.8) is 0 Å². The largest absolute Gasteiger partial charge is 0.539 e. The number of carbonyl (C=O) groups excluding carboxylic acids is 2. The maximum atomic E-state index is 12.7. The van der Waals surface area contributed by atoms with Gasteiger partial charge in [-0.25, -0.2) is 4.79 Å². The number of hydrogen-bond acceptors (Lipinski definition) is 8. The molecule has 3 heterocycles. The van der Waals surface area contributed by atoms with Gasteiger partial charge in [-0.2, -0.15) is 0 Å². The van der Waals surface area contributed by atoms with Gasteiger partial charge in [0.05, 0.1) is 17.4 Å². The monoisotopic (exact) mass is 442 g/mol. The molecule has 0 saturated carbocycles. The van der Waals surface area contributed by atoms with Gasteiger partial charge in [0.1, 0.15) is 10.9 Å². The summed E-state index contributed by atoms with van der Waals surface area (Å²) in [6.07, 6.45) is 1.78. The lowest BCUT2D eigenvalue weighted by molar-refractivity contribution is -0.750. The highest BCUT2D eigenvalue weighted by molar-refractivity contribution is 7.17. The number of nitrogens with one attached hydrogen (secondary N) is 1. The molecule has 0 radical (unpaired) electrons. The molecule has 0 atom stereocenters. The van der Waals surface area contributed by atoms with Crippen molar-refractivity contribution in [1.29, 1.82) is 0 Å². The number of carbonyl (C=O) groups is 2. The zero-order chi connectivity index (χ0) is 21.8. The highest BCUT2D eigenvalue weighted by Gasteiger charge is 2.30. The molecule has 0 saturated heterocycles. The van der Waals surface area contributed by atoms with Crippen molar-refractivity contribution in [1.82, 2.24) is 10.2 Å². The summed E-state index contributed by atoms with van der Waals surface area (Å²) in [5.41, 5.74) is 2.58. The van der Waals surface area contributed by atoms with Gasteiger partial charge >= 0.3 is 5.97 Å². The van der Waals surface area contributed by atoms with Crippen molar-refractivity contribution in [2.24, 2.45) is 0 Å². The van der Waals surface area contributed by atoms with Gasteiger partial charge in [0.15, 0.2) is 0 Å². The first-order valence-corrected chi connectivity index (χ1v) is 10.8. The van der Waals surface area contributed by atoms with Crippen molar-refractivity contribution in [3.8, 4) is 5.95 Å². The molecule has 2 aromatic heterocycles. The Hall–Kier alpha value is -3.24. The van der Waals surface area contributed by atoms with E-state index in [2.05, 4.69) is 32.1 Å². The molecule has 0 bridgehead atoms. The number of thiophene rings is 1. The minimum Gasteiger partial charge on any atom is -0.539 e. The third-order valence-corrected chi connectivity index (χ3v) is 6.05. The van der Waals surface area contributed by atoms with E-state index < -0.39 is 17.8 Å². The summed E-state index contributed by atoms with van der Waals surface area (Å²) in [5, 5.41) is 17.8. The van der Waals surface area contributed by atoms with Crippen LogP contribution in [0, 0.1) is 0 Å². The minimum absolute atomic E-state index is 0.198. The molecule has 1 amide bonds. The summed E-state index contributed by atoms with van der Waals surface area (Å²) in [5.74, 6) is -1.49. The number of amides is 1. The smallest absolute Gasteiger partial charge is 0.341 e. The van der Waals surface area contributed by atoms with Gasteiger partial charge < -0.3 is 19.7 Å². The van der Waals surface area contributed by atoms with Gasteiger partial charge in [0.25, 0.3) is 12.5 Å². The number of esters is 1. The Kier molecular flexibility index (Phi) is 6.28. The van der Waals surface area contributed by atoms with Crippen LogP contribution in [0.5, 0.6) is 5.95 Å². The second-order valence-electron chi connectivity index (χ2n) is 7.14. The minimum atomic E-state index is -0.634. The maximum absolute atomic E-state index is 12.7. The molecular formula is C21H22N4O5S. The topological polar surface area (TPSA) is 112 Å². The Balaban J connectivity index is 1.54. The number of hydrogen-bond donors (Lipinski definition) is 1. The van der Waals surface area contributed by atoms with Gasteiger partial charge in [-0.1, -0.05) is 35.0 Å². The van der Waals surface area contributed by atoms with Crippen LogP contribution >= 0.6 is 11.3 Å². The number of ether oxygens (including phenoxy) is 1. The molecule has 1 aliphatic rings. The first kappa shape index (κ1) is 21.0. The Bertz CT molecular complexity index is 1080. The SMILES string of the molecule is CCOC(=O)c1c(NC(=O)C[n+]2cc([O-])on2)sc2c1CCN(Cc1ccccc1)C2. The first-order valence-electron chi connectivity index (χ1n) is 9.94. The summed E-state index contributed by atoms with van der Waals surface area (Å²) >= 11 is 1.39. The number of rotatable bonds is 7. The lowest BCUT2D eigenvalue weighted by Gasteiger charge is -2.27. The van der Waals surface area contributed by atoms with Gasteiger partial charge in [-0.15, -0.1) is 11.3 Å². The molecule has 3 aromatic rings. The third kappa shape index (κ3) is 4.92. The first-order chi connectivity index (χ1) is 15.0. The van der Waals surface area contributed by atoms with E-state index in [0.717, 1.165) is 34.4 Å². The Labute approximate surface area is 182 Å². The summed E-state index contributed by atoms with van der Waals surface area (Å²) in [6, 6.07) is 10.2. The molecule has 9 nitrogen and oxygen atoms in total. The number of nitrogens with zero attached hydrogens (tertiary/aromatic N) is 3. The Morgan fingerprint density at radius 2 is 2.16 bits per heavy atom. The molecule has 10 heteroatoms. The molecule has 0 spiro atoms. The van der Waals surface area contributed by atoms with Crippen LogP contribution in [0.3, 0.4) is 0 Å². The predicted molar refractivity (Wildman–Crippen MR) is 109 cm³/mol. The van der Waals surface area contributed by atoms with E-state index in [9.17, 15) is 14.7 Å². The van der Waals surface area contributed by atoms with Crippen LogP contribution in [-0.4, -0.2) is 35.2 Å². The molecular weight excluding hydrogens is 420 g/mol. The van der Waals surface area contributed by atoms with Crippen LogP contribution in [0.4, 0.5) is 5.00 Å². The van der Waals surface area contributed by atoms with E-state index in [1.54, 1.807) is 6.92 Å². The summed E-state index contributed by atoms with van der Waals surface area (Å²) in [7, 11) is 0. The van der Waals surface area contributed by atoms with Gasteiger partial charge in [-0.05, 0) is 24.5 Å². The molecule has 31 heavy (non-hydrogen) atoms. The van der Waals surface area contributed by atoms with Gasteiger partial charge in [0, 0.05) is 24.5 Å². The van der Waals surface area contributed by atoms with Gasteiger partial charge in [0.2, 0.25) is 6.20 Å². The van der Waals surface area contributed by atoms with Crippen molar-refractivity contribution in [2.75, 3.05) is 18.5 Å². The second-order valence-corrected chi connectivity index (χ2v) is 8.25. The highest BCUT2D eigenvalue weighted by Crippen LogP contribution is 2.38. The van der Waals surface area contributed by atoms with Crippen molar-refractivity contribution in [3.05, 3.63) is 58.1 Å². The second kappa shape index (κ2) is 9.27. The van der Waals surface area contributed by atoms with E-state index >= 15 is 0 Å². The molecule has 1 aromatic carbocycles. The van der Waals surface area contributed by atoms with E-state index in [4.69, 9.17) is 4.74 Å². The van der Waals surface area contributed by atoms with Crippen molar-refractivity contribution >= 4 is 28.2 Å². The number of aromatic nitrogens is 2. The molecule has 4 rings (SSSR count). The standard InChI is InChI=1S/C21H22N4O5S/c1-2-29-21(28)19-15-8-9-24(10-14-6-4-3-5-7-14)11-16(15)31-20(19)22-17(26)12-25-13-18(27)30-23-25/h3-7,13H,2,8-12H2,1H3,(H-,22,23,26,27,28). The summed E-state index contributed by atoms with van der Waals surface area (Å²) in [6.45, 7) is 4.11. The van der Waals surface area contributed by atoms with Crippen LogP contribution in [0.1, 0.15) is 33.3 Å². The average Bonchev–Trinajstić information content (AvgIpc) is 3.31. The molecule has 0 aliphatic carbocycles. The molecule has 162 valence electrons. The molecule has 1 N–H and O–H groups in total. The normalized spacial score (nSPS) is 13.6. The fourth-order valence-corrected chi connectivity index (χ4v) is 4.88. The van der Waals surface area contributed by atoms with E-state index in [0.29, 0.717) is 23.5 Å². The van der Waals surface area contributed by atoms with Crippen LogP contribution in [0.25, 0.3) is 0 Å². The molecule has 1 aliphatic heterocycles. The average molecular weight is 442 g/mol. The summed E-state index contributed by atoms with van der Waals surface area (Å²) in [4.78, 5) is 28.5. The maximum Gasteiger partial charge on any atom is 0.341 e. The van der Waals surface area contributed by atoms with Crippen LogP contribution in [0.15, 0.2) is 41.1 Å². The molecule has 0 fully saturated rings. The summed E-state index contributed by atoms with van der Waals surface area (Å²) < 4.78 is 10.8. The fraction of sp³-hybridized carbons (Fsp3) is 0.333.